The number of benzene rings is 2. The summed E-state index contributed by atoms with van der Waals surface area (Å²) in [7, 11) is 0. The van der Waals surface area contributed by atoms with Crippen LogP contribution in [0.1, 0.15) is 23.6 Å². The Morgan fingerprint density at radius 3 is 2.66 bits per heavy atom. The molecule has 0 saturated heterocycles. The zero-order valence-electron chi connectivity index (χ0n) is 17.1. The number of aliphatic hydroxyl groups excluding tert-OH is 1. The predicted molar refractivity (Wildman–Crippen MR) is 114 cm³/mol. The van der Waals surface area contributed by atoms with Gasteiger partial charge in [-0.05, 0) is 35.2 Å². The van der Waals surface area contributed by atoms with Gasteiger partial charge in [0.2, 0.25) is 5.91 Å². The maximum Gasteiger partial charge on any atom is 0.216 e. The lowest BCUT2D eigenvalue weighted by Gasteiger charge is -2.30. The Morgan fingerprint density at radius 1 is 1.14 bits per heavy atom. The van der Waals surface area contributed by atoms with Crippen LogP contribution in [0.4, 0.5) is 0 Å². The van der Waals surface area contributed by atoms with Crippen LogP contribution in [0, 0.1) is 0 Å². The number of β-amino-alcohol motifs (C(OH)–C–C–N with tert-alkyl or cyclic N) is 1. The zero-order valence-corrected chi connectivity index (χ0v) is 17.1. The van der Waals surface area contributed by atoms with Crippen LogP contribution in [0.5, 0.6) is 5.75 Å². The minimum absolute atomic E-state index is 0.0133. The minimum atomic E-state index is -0.518. The Bertz CT molecular complexity index is 779. The van der Waals surface area contributed by atoms with Crippen molar-refractivity contribution in [3.63, 3.8) is 0 Å². The number of carbonyl (C=O) groups excluding carboxylic acids is 1. The van der Waals surface area contributed by atoms with E-state index in [-0.39, 0.29) is 12.5 Å². The number of nitrogens with one attached hydrogen (secondary N) is 2. The van der Waals surface area contributed by atoms with Gasteiger partial charge in [-0.1, -0.05) is 36.4 Å². The SMILES string of the molecule is CC(=O)NCCNCc1ccc(OCC(O)CN2CCc3ccccc3C2)cc1. The lowest BCUT2D eigenvalue weighted by Crippen LogP contribution is -2.38. The van der Waals surface area contributed by atoms with Crippen LogP contribution in [0.3, 0.4) is 0 Å². The van der Waals surface area contributed by atoms with Gasteiger partial charge in [0.1, 0.15) is 18.5 Å². The highest BCUT2D eigenvalue weighted by atomic mass is 16.5. The molecule has 0 fully saturated rings. The monoisotopic (exact) mass is 397 g/mol. The molecule has 1 atom stereocenters. The topological polar surface area (TPSA) is 73.8 Å². The van der Waals surface area contributed by atoms with Crippen molar-refractivity contribution in [2.45, 2.75) is 32.5 Å². The number of nitrogens with zero attached hydrogens (tertiary/aromatic N) is 1. The molecule has 0 saturated carbocycles. The summed E-state index contributed by atoms with van der Waals surface area (Å²) in [5.74, 6) is 0.746. The highest BCUT2D eigenvalue weighted by Crippen LogP contribution is 2.19. The van der Waals surface area contributed by atoms with Crippen molar-refractivity contribution in [1.82, 2.24) is 15.5 Å². The van der Waals surface area contributed by atoms with Gasteiger partial charge in [0, 0.05) is 46.2 Å². The minimum Gasteiger partial charge on any atom is -0.491 e. The third kappa shape index (κ3) is 7.16. The van der Waals surface area contributed by atoms with Crippen LogP contribution in [0.2, 0.25) is 0 Å². The smallest absolute Gasteiger partial charge is 0.216 e. The molecule has 0 aliphatic carbocycles. The fourth-order valence-electron chi connectivity index (χ4n) is 3.52. The first-order valence-electron chi connectivity index (χ1n) is 10.2. The molecule has 0 spiro atoms. The van der Waals surface area contributed by atoms with Crippen LogP contribution in [0.25, 0.3) is 0 Å². The standard InChI is InChI=1S/C23H31N3O3/c1-18(27)25-12-11-24-14-19-6-8-23(9-7-19)29-17-22(28)16-26-13-10-20-4-2-3-5-21(20)15-26/h2-9,22,24,28H,10-17H2,1H3,(H,25,27). The maximum absolute atomic E-state index is 10.8. The first-order valence-corrected chi connectivity index (χ1v) is 10.2. The molecule has 0 radical (unpaired) electrons. The normalized spacial score (nSPS) is 14.8. The number of carbonyl (C=O) groups is 1. The summed E-state index contributed by atoms with van der Waals surface area (Å²) < 4.78 is 5.76. The number of aliphatic hydroxyl groups is 1. The summed E-state index contributed by atoms with van der Waals surface area (Å²) >= 11 is 0. The first-order chi connectivity index (χ1) is 14.1. The Labute approximate surface area is 172 Å². The van der Waals surface area contributed by atoms with E-state index >= 15 is 0 Å². The van der Waals surface area contributed by atoms with E-state index in [0.717, 1.165) is 43.9 Å². The van der Waals surface area contributed by atoms with Gasteiger partial charge in [0.15, 0.2) is 0 Å². The largest absolute Gasteiger partial charge is 0.491 e. The van der Waals surface area contributed by atoms with E-state index in [0.29, 0.717) is 13.1 Å². The number of amides is 1. The van der Waals surface area contributed by atoms with Crippen LogP contribution in [-0.2, 0) is 24.3 Å². The number of fused-ring (bicyclic) bond motifs is 1. The number of hydrogen-bond acceptors (Lipinski definition) is 5. The van der Waals surface area contributed by atoms with Crippen molar-refractivity contribution in [3.8, 4) is 5.75 Å². The molecule has 1 amide bonds. The summed E-state index contributed by atoms with van der Waals surface area (Å²) in [6, 6.07) is 16.4. The summed E-state index contributed by atoms with van der Waals surface area (Å²) in [5, 5.41) is 16.4. The lowest BCUT2D eigenvalue weighted by molar-refractivity contribution is -0.118. The van der Waals surface area contributed by atoms with E-state index in [4.69, 9.17) is 4.74 Å². The van der Waals surface area contributed by atoms with E-state index in [2.05, 4.69) is 39.8 Å². The number of hydrogen-bond donors (Lipinski definition) is 3. The Hall–Kier alpha value is -2.41. The van der Waals surface area contributed by atoms with Gasteiger partial charge in [0.25, 0.3) is 0 Å². The van der Waals surface area contributed by atoms with E-state index in [9.17, 15) is 9.90 Å². The van der Waals surface area contributed by atoms with Gasteiger partial charge in [-0.3, -0.25) is 9.69 Å². The van der Waals surface area contributed by atoms with Crippen molar-refractivity contribution in [2.75, 3.05) is 32.8 Å². The van der Waals surface area contributed by atoms with Gasteiger partial charge in [0.05, 0.1) is 0 Å². The molecule has 29 heavy (non-hydrogen) atoms. The van der Waals surface area contributed by atoms with Crippen molar-refractivity contribution >= 4 is 5.91 Å². The molecule has 3 N–H and O–H groups in total. The van der Waals surface area contributed by atoms with Crippen molar-refractivity contribution in [2.24, 2.45) is 0 Å². The number of rotatable bonds is 10. The Morgan fingerprint density at radius 2 is 1.90 bits per heavy atom. The van der Waals surface area contributed by atoms with Gasteiger partial charge in [-0.15, -0.1) is 0 Å². The van der Waals surface area contributed by atoms with Crippen molar-refractivity contribution in [1.29, 1.82) is 0 Å². The molecule has 2 aromatic rings. The highest BCUT2D eigenvalue weighted by Gasteiger charge is 2.18. The molecule has 1 aliphatic rings. The van der Waals surface area contributed by atoms with Gasteiger partial charge < -0.3 is 20.5 Å². The molecule has 0 bridgehead atoms. The summed E-state index contributed by atoms with van der Waals surface area (Å²) in [4.78, 5) is 13.1. The predicted octanol–water partition coefficient (Wildman–Crippen LogP) is 1.71. The zero-order chi connectivity index (χ0) is 20.5. The molecular weight excluding hydrogens is 366 g/mol. The third-order valence-electron chi connectivity index (χ3n) is 5.05. The second-order valence-electron chi connectivity index (χ2n) is 7.52. The summed E-state index contributed by atoms with van der Waals surface area (Å²) in [5.41, 5.74) is 3.92. The molecule has 1 heterocycles. The average Bonchev–Trinajstić information content (AvgIpc) is 2.72. The van der Waals surface area contributed by atoms with Crippen LogP contribution in [-0.4, -0.2) is 54.8 Å². The van der Waals surface area contributed by atoms with Crippen LogP contribution in [0.15, 0.2) is 48.5 Å². The number of ether oxygens (including phenoxy) is 1. The van der Waals surface area contributed by atoms with E-state index in [1.807, 2.05) is 24.3 Å². The summed E-state index contributed by atoms with van der Waals surface area (Å²) in [6.07, 6.45) is 0.514. The van der Waals surface area contributed by atoms with Crippen LogP contribution < -0.4 is 15.4 Å². The third-order valence-corrected chi connectivity index (χ3v) is 5.05. The second-order valence-corrected chi connectivity index (χ2v) is 7.52. The molecule has 0 aromatic heterocycles. The van der Waals surface area contributed by atoms with Gasteiger partial charge >= 0.3 is 0 Å². The molecule has 6 nitrogen and oxygen atoms in total. The maximum atomic E-state index is 10.8. The van der Waals surface area contributed by atoms with E-state index in [1.54, 1.807) is 0 Å². The molecule has 3 rings (SSSR count). The van der Waals surface area contributed by atoms with E-state index < -0.39 is 6.10 Å². The Balaban J connectivity index is 1.35. The van der Waals surface area contributed by atoms with Crippen LogP contribution >= 0.6 is 0 Å². The second kappa shape index (κ2) is 11.0. The average molecular weight is 398 g/mol. The fourth-order valence-corrected chi connectivity index (χ4v) is 3.52. The van der Waals surface area contributed by atoms with E-state index in [1.165, 1.54) is 18.1 Å². The molecule has 2 aromatic carbocycles. The van der Waals surface area contributed by atoms with Crippen molar-refractivity contribution in [3.05, 3.63) is 65.2 Å². The quantitative estimate of drug-likeness (QED) is 0.533. The molecule has 6 heteroatoms. The molecule has 156 valence electrons. The fraction of sp³-hybridized carbons (Fsp3) is 0.435. The highest BCUT2D eigenvalue weighted by molar-refractivity contribution is 5.72. The molecule has 1 unspecified atom stereocenters. The molecule has 1 aliphatic heterocycles. The lowest BCUT2D eigenvalue weighted by atomic mass is 10.00. The van der Waals surface area contributed by atoms with Gasteiger partial charge in [-0.2, -0.15) is 0 Å². The molecular formula is C23H31N3O3. The van der Waals surface area contributed by atoms with Crippen molar-refractivity contribution < 1.29 is 14.6 Å². The first kappa shape index (κ1) is 21.3. The Kier molecular flexibility index (Phi) is 8.04. The summed E-state index contributed by atoms with van der Waals surface area (Å²) in [6.45, 7) is 6.35. The van der Waals surface area contributed by atoms with Gasteiger partial charge in [-0.25, -0.2) is 0 Å².